The second kappa shape index (κ2) is 4.99. The zero-order valence-electron chi connectivity index (χ0n) is 10.8. The molecule has 0 spiro atoms. The molecule has 2 rings (SSSR count). The molecule has 1 amide bonds. The van der Waals surface area contributed by atoms with Gasteiger partial charge in [0.15, 0.2) is 11.6 Å². The van der Waals surface area contributed by atoms with E-state index in [1.54, 1.807) is 13.1 Å². The van der Waals surface area contributed by atoms with Gasteiger partial charge in [-0.2, -0.15) is 0 Å². The Bertz CT molecular complexity index is 431. The van der Waals surface area contributed by atoms with E-state index in [0.29, 0.717) is 24.5 Å². The van der Waals surface area contributed by atoms with Gasteiger partial charge in [0.2, 0.25) is 5.91 Å². The Hall–Kier alpha value is -1.53. The maximum absolute atomic E-state index is 11.2. The van der Waals surface area contributed by atoms with Crippen molar-refractivity contribution in [1.29, 1.82) is 0 Å². The molecule has 0 unspecified atom stereocenters. The molecule has 0 saturated carbocycles. The van der Waals surface area contributed by atoms with Gasteiger partial charge in [0, 0.05) is 6.42 Å². The van der Waals surface area contributed by atoms with Crippen molar-refractivity contribution in [2.45, 2.75) is 39.1 Å². The van der Waals surface area contributed by atoms with Crippen molar-refractivity contribution >= 4 is 11.7 Å². The van der Waals surface area contributed by atoms with Gasteiger partial charge in [0.25, 0.3) is 0 Å². The predicted octanol–water partition coefficient (Wildman–Crippen LogP) is 1.65. The number of carbonyl (C=O) groups is 1. The highest BCUT2D eigenvalue weighted by molar-refractivity contribution is 5.89. The first-order valence-corrected chi connectivity index (χ1v) is 5.94. The highest BCUT2D eigenvalue weighted by Crippen LogP contribution is 2.31. The van der Waals surface area contributed by atoms with E-state index in [-0.39, 0.29) is 12.0 Å². The number of amides is 1. The summed E-state index contributed by atoms with van der Waals surface area (Å²) in [5.74, 6) is -0.219. The molecule has 1 atom stereocenters. The number of anilines is 1. The molecule has 98 valence electrons. The van der Waals surface area contributed by atoms with Crippen molar-refractivity contribution in [2.24, 2.45) is 0 Å². The Labute approximate surface area is 106 Å². The topological polar surface area (TPSA) is 73.3 Å². The van der Waals surface area contributed by atoms with Crippen molar-refractivity contribution in [3.05, 3.63) is 18.1 Å². The zero-order chi connectivity index (χ0) is 13.2. The van der Waals surface area contributed by atoms with Gasteiger partial charge in [-0.25, -0.2) is 4.98 Å². The van der Waals surface area contributed by atoms with E-state index in [0.717, 1.165) is 0 Å². The molecule has 6 heteroatoms. The lowest BCUT2D eigenvalue weighted by Gasteiger charge is -2.16. The summed E-state index contributed by atoms with van der Waals surface area (Å²) >= 11 is 0. The quantitative estimate of drug-likeness (QED) is 0.884. The number of carbonyl (C=O) groups excluding carboxylic acids is 1. The third kappa shape index (κ3) is 3.02. The summed E-state index contributed by atoms with van der Waals surface area (Å²) in [6.07, 6.45) is 3.33. The molecule has 0 bridgehead atoms. The molecule has 1 aliphatic rings. The average molecular weight is 251 g/mol. The smallest absolute Gasteiger partial charge is 0.225 e. The number of aromatic nitrogens is 2. The molecule has 2 heterocycles. The number of hydrogen-bond donors (Lipinski definition) is 1. The van der Waals surface area contributed by atoms with Crippen molar-refractivity contribution in [3.8, 4) is 0 Å². The lowest BCUT2D eigenvalue weighted by atomic mass is 10.3. The third-order valence-corrected chi connectivity index (χ3v) is 2.60. The lowest BCUT2D eigenvalue weighted by molar-refractivity contribution is -0.139. The van der Waals surface area contributed by atoms with E-state index in [9.17, 15) is 4.79 Å². The first kappa shape index (κ1) is 12.9. The minimum atomic E-state index is -0.582. The van der Waals surface area contributed by atoms with Crippen LogP contribution in [0.4, 0.5) is 5.82 Å². The summed E-state index contributed by atoms with van der Waals surface area (Å²) in [6.45, 7) is 5.96. The maximum atomic E-state index is 11.2. The van der Waals surface area contributed by atoms with Gasteiger partial charge in [0.1, 0.15) is 6.10 Å². The van der Waals surface area contributed by atoms with Crippen LogP contribution in [-0.4, -0.2) is 28.3 Å². The number of nitrogens with one attached hydrogen (secondary N) is 1. The molecular weight excluding hydrogens is 234 g/mol. The normalized spacial score (nSPS) is 21.8. The minimum absolute atomic E-state index is 0.0846. The van der Waals surface area contributed by atoms with Crippen LogP contribution in [0.2, 0.25) is 0 Å². The van der Waals surface area contributed by atoms with Crippen LogP contribution in [-0.2, 0) is 14.3 Å². The number of hydrogen-bond acceptors (Lipinski definition) is 5. The van der Waals surface area contributed by atoms with Crippen LogP contribution < -0.4 is 5.32 Å². The predicted molar refractivity (Wildman–Crippen MR) is 64.8 cm³/mol. The van der Waals surface area contributed by atoms with Crippen LogP contribution in [0.5, 0.6) is 0 Å². The first-order chi connectivity index (χ1) is 8.50. The van der Waals surface area contributed by atoms with Crippen molar-refractivity contribution in [2.75, 3.05) is 11.9 Å². The third-order valence-electron chi connectivity index (χ3n) is 2.60. The highest BCUT2D eigenvalue weighted by atomic mass is 16.7. The second-order valence-electron chi connectivity index (χ2n) is 4.55. The largest absolute Gasteiger partial charge is 0.347 e. The Morgan fingerprint density at radius 3 is 2.78 bits per heavy atom. The fourth-order valence-electron chi connectivity index (χ4n) is 1.63. The van der Waals surface area contributed by atoms with E-state index < -0.39 is 5.79 Å². The van der Waals surface area contributed by atoms with Crippen LogP contribution in [0.3, 0.4) is 0 Å². The standard InChI is InChI=1S/C12H17N3O3/c1-4-11(16)15-10-6-13-8(5-14-10)9-7-17-12(2,3)18-9/h5-6,9H,4,7H2,1-3H3,(H,14,15,16)/t9-/m0/s1. The summed E-state index contributed by atoms with van der Waals surface area (Å²) in [6, 6.07) is 0. The van der Waals surface area contributed by atoms with Crippen LogP contribution in [0, 0.1) is 0 Å². The molecule has 0 radical (unpaired) electrons. The van der Waals surface area contributed by atoms with E-state index >= 15 is 0 Å². The van der Waals surface area contributed by atoms with Crippen molar-refractivity contribution in [3.63, 3.8) is 0 Å². The number of rotatable bonds is 3. The van der Waals surface area contributed by atoms with Gasteiger partial charge >= 0.3 is 0 Å². The number of nitrogens with zero attached hydrogens (tertiary/aromatic N) is 2. The van der Waals surface area contributed by atoms with Crippen LogP contribution in [0.1, 0.15) is 39.0 Å². The first-order valence-electron chi connectivity index (χ1n) is 5.94. The molecule has 1 saturated heterocycles. The minimum Gasteiger partial charge on any atom is -0.347 e. The monoisotopic (exact) mass is 251 g/mol. The van der Waals surface area contributed by atoms with Gasteiger partial charge in [-0.1, -0.05) is 6.92 Å². The van der Waals surface area contributed by atoms with Gasteiger partial charge in [0.05, 0.1) is 24.7 Å². The SMILES string of the molecule is CCC(=O)Nc1cnc([C@@H]2COC(C)(C)O2)cn1. The van der Waals surface area contributed by atoms with Gasteiger partial charge in [-0.15, -0.1) is 0 Å². The summed E-state index contributed by atoms with van der Waals surface area (Å²) in [7, 11) is 0. The fraction of sp³-hybridized carbons (Fsp3) is 0.583. The molecule has 0 aliphatic carbocycles. The Kier molecular flexibility index (Phi) is 3.58. The molecular formula is C12H17N3O3. The molecule has 1 aromatic rings. The summed E-state index contributed by atoms with van der Waals surface area (Å²) in [5, 5.41) is 2.64. The summed E-state index contributed by atoms with van der Waals surface area (Å²) in [4.78, 5) is 19.5. The summed E-state index contributed by atoms with van der Waals surface area (Å²) < 4.78 is 11.1. The number of ether oxygens (including phenoxy) is 2. The molecule has 6 nitrogen and oxygen atoms in total. The van der Waals surface area contributed by atoms with E-state index in [4.69, 9.17) is 9.47 Å². The molecule has 18 heavy (non-hydrogen) atoms. The van der Waals surface area contributed by atoms with E-state index in [2.05, 4.69) is 15.3 Å². The van der Waals surface area contributed by atoms with Crippen molar-refractivity contribution < 1.29 is 14.3 Å². The second-order valence-corrected chi connectivity index (χ2v) is 4.55. The molecule has 1 aliphatic heterocycles. The molecule has 1 aromatic heterocycles. The van der Waals surface area contributed by atoms with Crippen LogP contribution >= 0.6 is 0 Å². The molecule has 1 fully saturated rings. The van der Waals surface area contributed by atoms with Crippen LogP contribution in [0.25, 0.3) is 0 Å². The van der Waals surface area contributed by atoms with Gasteiger partial charge in [-0.3, -0.25) is 9.78 Å². The zero-order valence-corrected chi connectivity index (χ0v) is 10.8. The Morgan fingerprint density at radius 1 is 1.50 bits per heavy atom. The molecule has 1 N–H and O–H groups in total. The highest BCUT2D eigenvalue weighted by Gasteiger charge is 2.34. The Balaban J connectivity index is 2.02. The summed E-state index contributed by atoms with van der Waals surface area (Å²) in [5.41, 5.74) is 0.704. The average Bonchev–Trinajstić information content (AvgIpc) is 2.70. The van der Waals surface area contributed by atoms with Gasteiger partial charge in [-0.05, 0) is 13.8 Å². The van der Waals surface area contributed by atoms with Gasteiger partial charge < -0.3 is 14.8 Å². The van der Waals surface area contributed by atoms with E-state index in [1.165, 1.54) is 6.20 Å². The maximum Gasteiger partial charge on any atom is 0.225 e. The fourth-order valence-corrected chi connectivity index (χ4v) is 1.63. The van der Waals surface area contributed by atoms with E-state index in [1.807, 2.05) is 13.8 Å². The molecule has 0 aromatic carbocycles. The lowest BCUT2D eigenvalue weighted by Crippen LogP contribution is -2.20. The Morgan fingerprint density at radius 2 is 2.28 bits per heavy atom. The van der Waals surface area contributed by atoms with Crippen LogP contribution in [0.15, 0.2) is 12.4 Å². The van der Waals surface area contributed by atoms with Crippen molar-refractivity contribution in [1.82, 2.24) is 9.97 Å².